The Morgan fingerprint density at radius 3 is 2.95 bits per heavy atom. The van der Waals surface area contributed by atoms with E-state index >= 15 is 0 Å². The van der Waals surface area contributed by atoms with E-state index in [0.717, 1.165) is 35.5 Å². The van der Waals surface area contributed by atoms with E-state index < -0.39 is 0 Å². The molecule has 0 fully saturated rings. The van der Waals surface area contributed by atoms with E-state index in [9.17, 15) is 4.39 Å². The van der Waals surface area contributed by atoms with E-state index in [-0.39, 0.29) is 12.6 Å². The molecule has 1 heterocycles. The van der Waals surface area contributed by atoms with Crippen LogP contribution >= 0.6 is 0 Å². The highest BCUT2D eigenvalue weighted by Crippen LogP contribution is 2.30. The number of benzene rings is 1. The van der Waals surface area contributed by atoms with E-state index in [1.54, 1.807) is 6.07 Å². The fraction of sp³-hybridized carbons (Fsp3) is 0.467. The summed E-state index contributed by atoms with van der Waals surface area (Å²) in [5.74, 6) is 0.530. The zero-order valence-electron chi connectivity index (χ0n) is 11.5. The lowest BCUT2D eigenvalue weighted by Gasteiger charge is -2.25. The van der Waals surface area contributed by atoms with Crippen LogP contribution in [0.25, 0.3) is 0 Å². The highest BCUT2D eigenvalue weighted by molar-refractivity contribution is 5.42. The van der Waals surface area contributed by atoms with Gasteiger partial charge in [-0.25, -0.2) is 4.39 Å². The molecular weight excluding hydrogens is 245 g/mol. The monoisotopic (exact) mass is 265 g/mol. The van der Waals surface area contributed by atoms with Crippen molar-refractivity contribution in [1.82, 2.24) is 4.90 Å². The second-order valence-corrected chi connectivity index (χ2v) is 4.92. The molecular formula is C15H20FNO2. The highest BCUT2D eigenvalue weighted by atomic mass is 19.1. The third-order valence-corrected chi connectivity index (χ3v) is 3.09. The second kappa shape index (κ2) is 6.17. The number of fused-ring (bicyclic) bond motifs is 1. The van der Waals surface area contributed by atoms with Crippen molar-refractivity contribution >= 4 is 0 Å². The molecule has 0 radical (unpaired) electrons. The van der Waals surface area contributed by atoms with Crippen LogP contribution in [0.15, 0.2) is 24.3 Å². The van der Waals surface area contributed by atoms with Crippen molar-refractivity contribution < 1.29 is 13.9 Å². The standard InChI is InChI=1S/C15H20FNO2/c1-4-17(7-11(2)3)8-12-5-14(16)6-13-9-18-10-19-15(12)13/h5-6H,2,4,7-10H2,1,3H3. The summed E-state index contributed by atoms with van der Waals surface area (Å²) in [5.41, 5.74) is 2.76. The number of rotatable bonds is 5. The molecule has 104 valence electrons. The van der Waals surface area contributed by atoms with Gasteiger partial charge in [0, 0.05) is 24.2 Å². The molecule has 1 aliphatic heterocycles. The lowest BCUT2D eigenvalue weighted by atomic mass is 10.1. The van der Waals surface area contributed by atoms with Crippen LogP contribution in [-0.2, 0) is 17.9 Å². The van der Waals surface area contributed by atoms with E-state index in [2.05, 4.69) is 18.4 Å². The molecule has 0 spiro atoms. The summed E-state index contributed by atoms with van der Waals surface area (Å²) in [6.07, 6.45) is 0. The average Bonchev–Trinajstić information content (AvgIpc) is 2.37. The number of hydrogen-bond acceptors (Lipinski definition) is 3. The van der Waals surface area contributed by atoms with Crippen LogP contribution in [0, 0.1) is 5.82 Å². The summed E-state index contributed by atoms with van der Waals surface area (Å²) in [6.45, 7) is 11.0. The second-order valence-electron chi connectivity index (χ2n) is 4.92. The zero-order chi connectivity index (χ0) is 13.8. The number of hydrogen-bond donors (Lipinski definition) is 0. The molecule has 2 rings (SSSR count). The smallest absolute Gasteiger partial charge is 0.189 e. The van der Waals surface area contributed by atoms with Crippen LogP contribution in [0.5, 0.6) is 5.75 Å². The lowest BCUT2D eigenvalue weighted by Crippen LogP contribution is -2.25. The fourth-order valence-electron chi connectivity index (χ4n) is 2.28. The molecule has 0 aromatic heterocycles. The molecule has 1 aromatic rings. The number of ether oxygens (including phenoxy) is 2. The molecule has 0 unspecified atom stereocenters. The van der Waals surface area contributed by atoms with Crippen molar-refractivity contribution in [2.24, 2.45) is 0 Å². The van der Waals surface area contributed by atoms with Gasteiger partial charge < -0.3 is 9.47 Å². The van der Waals surface area contributed by atoms with Crippen molar-refractivity contribution in [2.75, 3.05) is 19.9 Å². The summed E-state index contributed by atoms with van der Waals surface area (Å²) < 4.78 is 24.3. The normalized spacial score (nSPS) is 14.1. The largest absolute Gasteiger partial charge is 0.467 e. The molecule has 0 saturated carbocycles. The van der Waals surface area contributed by atoms with Gasteiger partial charge in [-0.2, -0.15) is 0 Å². The SMILES string of the molecule is C=C(C)CN(CC)Cc1cc(F)cc2c1OCOC2. The van der Waals surface area contributed by atoms with Crippen LogP contribution < -0.4 is 4.74 Å². The fourth-order valence-corrected chi connectivity index (χ4v) is 2.28. The molecule has 0 N–H and O–H groups in total. The average molecular weight is 265 g/mol. The molecule has 4 heteroatoms. The summed E-state index contributed by atoms with van der Waals surface area (Å²) in [4.78, 5) is 2.20. The van der Waals surface area contributed by atoms with Crippen LogP contribution in [0.1, 0.15) is 25.0 Å². The predicted molar refractivity (Wildman–Crippen MR) is 72.4 cm³/mol. The van der Waals surface area contributed by atoms with Crippen LogP contribution in [0.4, 0.5) is 4.39 Å². The highest BCUT2D eigenvalue weighted by Gasteiger charge is 2.18. The van der Waals surface area contributed by atoms with Gasteiger partial charge in [0.15, 0.2) is 6.79 Å². The van der Waals surface area contributed by atoms with Gasteiger partial charge in [0.1, 0.15) is 11.6 Å². The first-order valence-corrected chi connectivity index (χ1v) is 6.48. The quantitative estimate of drug-likeness (QED) is 0.764. The Kier molecular flexibility index (Phi) is 4.56. The van der Waals surface area contributed by atoms with Crippen LogP contribution in [0.3, 0.4) is 0 Å². The summed E-state index contributed by atoms with van der Waals surface area (Å²) in [7, 11) is 0. The molecule has 0 amide bonds. The molecule has 0 atom stereocenters. The minimum Gasteiger partial charge on any atom is -0.467 e. The van der Waals surface area contributed by atoms with Crippen molar-refractivity contribution in [3.05, 3.63) is 41.2 Å². The third kappa shape index (κ3) is 3.55. The Labute approximate surface area is 113 Å². The minimum absolute atomic E-state index is 0.234. The van der Waals surface area contributed by atoms with Gasteiger partial charge in [0.25, 0.3) is 0 Å². The Bertz CT molecular complexity index is 473. The zero-order valence-corrected chi connectivity index (χ0v) is 11.5. The van der Waals surface area contributed by atoms with Crippen molar-refractivity contribution in [1.29, 1.82) is 0 Å². The predicted octanol–water partition coefficient (Wildman–Crippen LogP) is 3.09. The maximum absolute atomic E-state index is 13.6. The van der Waals surface area contributed by atoms with Gasteiger partial charge in [0.2, 0.25) is 0 Å². The Hall–Kier alpha value is -1.39. The van der Waals surface area contributed by atoms with Gasteiger partial charge in [-0.1, -0.05) is 19.1 Å². The van der Waals surface area contributed by atoms with Crippen LogP contribution in [0.2, 0.25) is 0 Å². The van der Waals surface area contributed by atoms with E-state index in [4.69, 9.17) is 9.47 Å². The maximum Gasteiger partial charge on any atom is 0.189 e. The van der Waals surface area contributed by atoms with E-state index in [1.807, 2.05) is 6.92 Å². The molecule has 0 bridgehead atoms. The first-order valence-electron chi connectivity index (χ1n) is 6.48. The number of likely N-dealkylation sites (N-methyl/N-ethyl adjacent to an activating group) is 1. The Morgan fingerprint density at radius 2 is 2.26 bits per heavy atom. The summed E-state index contributed by atoms with van der Waals surface area (Å²) >= 11 is 0. The topological polar surface area (TPSA) is 21.7 Å². The van der Waals surface area contributed by atoms with Crippen molar-refractivity contribution in [3.63, 3.8) is 0 Å². The first-order chi connectivity index (χ1) is 9.10. The number of halogens is 1. The van der Waals surface area contributed by atoms with E-state index in [0.29, 0.717) is 13.2 Å². The van der Waals surface area contributed by atoms with Crippen molar-refractivity contribution in [2.45, 2.75) is 27.0 Å². The lowest BCUT2D eigenvalue weighted by molar-refractivity contribution is -0.0176. The molecule has 0 saturated heterocycles. The number of nitrogens with zero attached hydrogens (tertiary/aromatic N) is 1. The Morgan fingerprint density at radius 1 is 1.47 bits per heavy atom. The summed E-state index contributed by atoms with van der Waals surface area (Å²) in [5, 5.41) is 0. The van der Waals surface area contributed by atoms with Gasteiger partial charge >= 0.3 is 0 Å². The molecule has 0 aliphatic carbocycles. The molecule has 1 aliphatic rings. The molecule has 19 heavy (non-hydrogen) atoms. The van der Waals surface area contributed by atoms with E-state index in [1.165, 1.54) is 6.07 Å². The van der Waals surface area contributed by atoms with Crippen molar-refractivity contribution in [3.8, 4) is 5.75 Å². The minimum atomic E-state index is -0.241. The summed E-state index contributed by atoms with van der Waals surface area (Å²) in [6, 6.07) is 3.03. The van der Waals surface area contributed by atoms with Gasteiger partial charge in [0.05, 0.1) is 6.61 Å². The Balaban J connectivity index is 2.23. The first kappa shape index (κ1) is 14.0. The molecule has 1 aromatic carbocycles. The van der Waals surface area contributed by atoms with Gasteiger partial charge in [-0.3, -0.25) is 4.90 Å². The maximum atomic E-state index is 13.6. The van der Waals surface area contributed by atoms with Gasteiger partial charge in [-0.15, -0.1) is 0 Å². The van der Waals surface area contributed by atoms with Gasteiger partial charge in [-0.05, 0) is 25.6 Å². The van der Waals surface area contributed by atoms with Crippen LogP contribution in [-0.4, -0.2) is 24.8 Å². The molecule has 3 nitrogen and oxygen atoms in total. The third-order valence-electron chi connectivity index (χ3n) is 3.09.